The molecule has 0 fully saturated rings. The van der Waals surface area contributed by atoms with Crippen LogP contribution in [0.25, 0.3) is 11.8 Å². The molecule has 0 aliphatic heterocycles. The van der Waals surface area contributed by atoms with Gasteiger partial charge in [-0.3, -0.25) is 0 Å². The average molecular weight is 150 g/mol. The number of ether oxygens (including phenoxy) is 1. The lowest BCUT2D eigenvalue weighted by Crippen LogP contribution is -1.79. The summed E-state index contributed by atoms with van der Waals surface area (Å²) in [5.41, 5.74) is 0. The van der Waals surface area contributed by atoms with Crippen molar-refractivity contribution >= 4 is 11.8 Å². The van der Waals surface area contributed by atoms with Gasteiger partial charge in [0, 0.05) is 0 Å². The van der Waals surface area contributed by atoms with Gasteiger partial charge in [0.25, 0.3) is 0 Å². The van der Waals surface area contributed by atoms with Gasteiger partial charge in [-0.2, -0.15) is 0 Å². The highest BCUT2D eigenvalue weighted by Gasteiger charge is 2.02. The molecule has 1 heterocycles. The molecule has 0 N–H and O–H groups in total. The van der Waals surface area contributed by atoms with E-state index >= 15 is 0 Å². The van der Waals surface area contributed by atoms with Crippen molar-refractivity contribution in [1.29, 1.82) is 0 Å². The summed E-state index contributed by atoms with van der Waals surface area (Å²) in [6.45, 7) is 7.21. The largest absolute Gasteiger partial charge is 0.493 e. The van der Waals surface area contributed by atoms with E-state index in [9.17, 15) is 0 Å². The summed E-state index contributed by atoms with van der Waals surface area (Å²) in [4.78, 5) is 0. The van der Waals surface area contributed by atoms with E-state index < -0.39 is 0 Å². The molecule has 0 saturated heterocycles. The predicted octanol–water partition coefficient (Wildman–Crippen LogP) is 2.54. The number of methoxy groups -OCH3 is 1. The second-order valence-electron chi connectivity index (χ2n) is 2.03. The molecular weight excluding hydrogens is 140 g/mol. The second kappa shape index (κ2) is 3.10. The van der Waals surface area contributed by atoms with Crippen molar-refractivity contribution in [3.8, 4) is 0 Å². The summed E-state index contributed by atoms with van der Waals surface area (Å²) in [6, 6.07) is 3.61. The van der Waals surface area contributed by atoms with Crippen LogP contribution in [0.4, 0.5) is 0 Å². The van der Waals surface area contributed by atoms with E-state index in [1.165, 1.54) is 0 Å². The monoisotopic (exact) mass is 150 g/mol. The minimum atomic E-state index is 0.526. The molecule has 58 valence electrons. The molecule has 0 aromatic carbocycles. The maximum Gasteiger partial charge on any atom is 0.168 e. The fraction of sp³-hybridized carbons (Fsp3) is 0.111. The van der Waals surface area contributed by atoms with Gasteiger partial charge in [-0.25, -0.2) is 0 Å². The van der Waals surface area contributed by atoms with Crippen molar-refractivity contribution < 1.29 is 9.15 Å². The first kappa shape index (κ1) is 7.66. The Hall–Kier alpha value is -1.44. The Morgan fingerprint density at radius 1 is 1.64 bits per heavy atom. The standard InChI is InChI=1S/C9H10O2/c1-4-8-5-6-9(11-8)7(2)10-3/h4-6H,1-2H2,3H3. The summed E-state index contributed by atoms with van der Waals surface area (Å²) >= 11 is 0. The molecule has 1 aromatic rings. The molecule has 0 spiro atoms. The second-order valence-corrected chi connectivity index (χ2v) is 2.03. The first-order valence-corrected chi connectivity index (χ1v) is 3.23. The Morgan fingerprint density at radius 2 is 2.36 bits per heavy atom. The van der Waals surface area contributed by atoms with Crippen LogP contribution in [0.15, 0.2) is 29.7 Å². The van der Waals surface area contributed by atoms with Crippen molar-refractivity contribution in [2.45, 2.75) is 0 Å². The Labute approximate surface area is 65.8 Å². The third kappa shape index (κ3) is 1.52. The van der Waals surface area contributed by atoms with Gasteiger partial charge in [0.1, 0.15) is 5.76 Å². The summed E-state index contributed by atoms with van der Waals surface area (Å²) in [6.07, 6.45) is 1.63. The molecule has 1 aromatic heterocycles. The molecule has 0 amide bonds. The molecule has 0 radical (unpaired) electrons. The van der Waals surface area contributed by atoms with Gasteiger partial charge in [0.05, 0.1) is 7.11 Å². The zero-order chi connectivity index (χ0) is 8.27. The molecule has 1 rings (SSSR count). The summed E-state index contributed by atoms with van der Waals surface area (Å²) in [5, 5.41) is 0. The van der Waals surface area contributed by atoms with Gasteiger partial charge in [-0.15, -0.1) is 0 Å². The maximum atomic E-state index is 5.24. The fourth-order valence-electron chi connectivity index (χ4n) is 0.713. The van der Waals surface area contributed by atoms with Crippen molar-refractivity contribution in [3.63, 3.8) is 0 Å². The molecule has 0 saturated carbocycles. The third-order valence-corrected chi connectivity index (χ3v) is 1.35. The molecule has 0 bridgehead atoms. The zero-order valence-electron chi connectivity index (χ0n) is 6.46. The Bertz CT molecular complexity index is 271. The van der Waals surface area contributed by atoms with E-state index in [-0.39, 0.29) is 0 Å². The van der Waals surface area contributed by atoms with Crippen molar-refractivity contribution in [3.05, 3.63) is 36.8 Å². The van der Waals surface area contributed by atoms with E-state index in [0.29, 0.717) is 11.5 Å². The van der Waals surface area contributed by atoms with Crippen LogP contribution in [0.3, 0.4) is 0 Å². The molecule has 2 heteroatoms. The molecular formula is C9H10O2. The van der Waals surface area contributed by atoms with Crippen LogP contribution < -0.4 is 0 Å². The third-order valence-electron chi connectivity index (χ3n) is 1.35. The van der Waals surface area contributed by atoms with Crippen LogP contribution >= 0.6 is 0 Å². The van der Waals surface area contributed by atoms with Crippen LogP contribution in [-0.2, 0) is 4.74 Å². The van der Waals surface area contributed by atoms with Crippen LogP contribution in [0.2, 0.25) is 0 Å². The normalized spacial score (nSPS) is 9.18. The number of hydrogen-bond acceptors (Lipinski definition) is 2. The number of rotatable bonds is 3. The lowest BCUT2D eigenvalue weighted by atomic mass is 10.4. The SMILES string of the molecule is C=Cc1ccc(C(=C)OC)o1. The summed E-state index contributed by atoms with van der Waals surface area (Å²) < 4.78 is 10.1. The molecule has 2 nitrogen and oxygen atoms in total. The zero-order valence-corrected chi connectivity index (χ0v) is 6.46. The lowest BCUT2D eigenvalue weighted by Gasteiger charge is -1.97. The van der Waals surface area contributed by atoms with Crippen LogP contribution in [0.1, 0.15) is 11.5 Å². The minimum absolute atomic E-state index is 0.526. The van der Waals surface area contributed by atoms with Gasteiger partial charge < -0.3 is 9.15 Å². The van der Waals surface area contributed by atoms with Crippen molar-refractivity contribution in [2.75, 3.05) is 7.11 Å². The molecule has 11 heavy (non-hydrogen) atoms. The van der Waals surface area contributed by atoms with Crippen LogP contribution in [-0.4, -0.2) is 7.11 Å². The fourth-order valence-corrected chi connectivity index (χ4v) is 0.713. The molecule has 0 unspecified atom stereocenters. The average Bonchev–Trinajstić information content (AvgIpc) is 2.50. The van der Waals surface area contributed by atoms with Gasteiger partial charge in [-0.1, -0.05) is 13.2 Å². The summed E-state index contributed by atoms with van der Waals surface area (Å²) in [5.74, 6) is 1.89. The topological polar surface area (TPSA) is 22.4 Å². The van der Waals surface area contributed by atoms with Gasteiger partial charge >= 0.3 is 0 Å². The van der Waals surface area contributed by atoms with Crippen LogP contribution in [0, 0.1) is 0 Å². The molecule has 0 atom stereocenters. The summed E-state index contributed by atoms with van der Waals surface area (Å²) in [7, 11) is 1.55. The minimum Gasteiger partial charge on any atom is -0.493 e. The first-order chi connectivity index (χ1) is 5.27. The number of furan rings is 1. The number of hydrogen-bond donors (Lipinski definition) is 0. The molecule has 0 aliphatic rings. The smallest absolute Gasteiger partial charge is 0.168 e. The highest BCUT2D eigenvalue weighted by Crippen LogP contribution is 2.16. The van der Waals surface area contributed by atoms with Crippen molar-refractivity contribution in [1.82, 2.24) is 0 Å². The highest BCUT2D eigenvalue weighted by atomic mass is 16.5. The highest BCUT2D eigenvalue weighted by molar-refractivity contribution is 5.54. The molecule has 0 aliphatic carbocycles. The Balaban J connectivity index is 2.88. The van der Waals surface area contributed by atoms with E-state index in [0.717, 1.165) is 5.76 Å². The van der Waals surface area contributed by atoms with E-state index in [1.54, 1.807) is 19.3 Å². The maximum absolute atomic E-state index is 5.24. The van der Waals surface area contributed by atoms with Gasteiger partial charge in [0.2, 0.25) is 0 Å². The Morgan fingerprint density at radius 3 is 2.82 bits per heavy atom. The van der Waals surface area contributed by atoms with E-state index in [2.05, 4.69) is 13.2 Å². The van der Waals surface area contributed by atoms with Gasteiger partial charge in [0.15, 0.2) is 11.5 Å². The van der Waals surface area contributed by atoms with E-state index in [1.807, 2.05) is 6.07 Å². The Kier molecular flexibility index (Phi) is 2.16. The predicted molar refractivity (Wildman–Crippen MR) is 44.8 cm³/mol. The van der Waals surface area contributed by atoms with Crippen molar-refractivity contribution in [2.24, 2.45) is 0 Å². The first-order valence-electron chi connectivity index (χ1n) is 3.23. The quantitative estimate of drug-likeness (QED) is 0.618. The van der Waals surface area contributed by atoms with Gasteiger partial charge in [-0.05, 0) is 18.2 Å². The lowest BCUT2D eigenvalue weighted by molar-refractivity contribution is 0.353. The van der Waals surface area contributed by atoms with Crippen LogP contribution in [0.5, 0.6) is 0 Å². The van der Waals surface area contributed by atoms with E-state index in [4.69, 9.17) is 9.15 Å².